The lowest BCUT2D eigenvalue weighted by Crippen LogP contribution is -2.11. The van der Waals surface area contributed by atoms with Crippen molar-refractivity contribution in [1.82, 2.24) is 4.98 Å². The normalized spacial score (nSPS) is 16.1. The molecule has 1 aromatic heterocycles. The fourth-order valence-electron chi connectivity index (χ4n) is 2.61. The van der Waals surface area contributed by atoms with Gasteiger partial charge >= 0.3 is 5.97 Å². The quantitative estimate of drug-likeness (QED) is 0.847. The number of anilines is 1. The zero-order chi connectivity index (χ0) is 18.0. The van der Waals surface area contributed by atoms with Gasteiger partial charge in [-0.3, -0.25) is 4.79 Å². The van der Waals surface area contributed by atoms with Crippen molar-refractivity contribution in [2.24, 2.45) is 0 Å². The Morgan fingerprint density at radius 3 is 2.48 bits per heavy atom. The maximum absolute atomic E-state index is 11.7. The fraction of sp³-hybridized carbons (Fsp3) is 0.222. The molecule has 0 amide bonds. The van der Waals surface area contributed by atoms with Crippen molar-refractivity contribution in [2.45, 2.75) is 23.6 Å². The van der Waals surface area contributed by atoms with E-state index in [1.54, 1.807) is 0 Å². The number of cyclic esters (lactones) is 1. The third-order valence-electron chi connectivity index (χ3n) is 3.90. The number of aryl methyl sites for hydroxylation is 1. The van der Waals surface area contributed by atoms with Crippen molar-refractivity contribution in [3.63, 3.8) is 0 Å². The molecule has 1 aromatic carbocycles. The van der Waals surface area contributed by atoms with Crippen LogP contribution in [0.4, 0.5) is 5.82 Å². The van der Waals surface area contributed by atoms with Crippen LogP contribution in [0.2, 0.25) is 0 Å². The van der Waals surface area contributed by atoms with Gasteiger partial charge in [0.05, 0.1) is 12.2 Å². The molecule has 3 rings (SSSR count). The Labute approximate surface area is 149 Å². The molecule has 2 aromatic rings. The maximum Gasteiger partial charge on any atom is 0.319 e. The summed E-state index contributed by atoms with van der Waals surface area (Å²) in [6, 6.07) is 11.6. The first-order chi connectivity index (χ1) is 12.0. The molecular weight excluding hydrogens is 336 g/mol. The van der Waals surface area contributed by atoms with Crippen molar-refractivity contribution in [2.75, 3.05) is 12.3 Å². The Hall–Kier alpha value is -3.03. The molecule has 0 saturated carbocycles. The number of esters is 1. The summed E-state index contributed by atoms with van der Waals surface area (Å²) in [7, 11) is 0. The molecule has 1 fully saturated rings. The third-order valence-corrected chi connectivity index (χ3v) is 5.13. The summed E-state index contributed by atoms with van der Waals surface area (Å²) in [5.41, 5.74) is 8.60. The summed E-state index contributed by atoms with van der Waals surface area (Å²) in [6.07, 6.45) is 0.551. The topological polar surface area (TPSA) is 113 Å². The van der Waals surface area contributed by atoms with Crippen LogP contribution in [0.5, 0.6) is 0 Å². The molecule has 1 saturated heterocycles. The lowest BCUT2D eigenvalue weighted by Gasteiger charge is -2.14. The number of carbonyl (C=O) groups excluding carboxylic acids is 1. The summed E-state index contributed by atoms with van der Waals surface area (Å²) < 4.78 is 4.96. The molecule has 0 bridgehead atoms. The van der Waals surface area contributed by atoms with E-state index in [0.717, 1.165) is 17.3 Å². The Balaban J connectivity index is 2.18. The van der Waals surface area contributed by atoms with Crippen LogP contribution in [0, 0.1) is 29.6 Å². The molecule has 1 atom stereocenters. The smallest absolute Gasteiger partial charge is 0.319 e. The van der Waals surface area contributed by atoms with E-state index >= 15 is 0 Å². The van der Waals surface area contributed by atoms with Crippen LogP contribution in [0.15, 0.2) is 29.3 Å². The average Bonchev–Trinajstić information content (AvgIpc) is 3.00. The molecule has 1 aliphatic rings. The van der Waals surface area contributed by atoms with E-state index < -0.39 is 5.25 Å². The van der Waals surface area contributed by atoms with Gasteiger partial charge < -0.3 is 10.5 Å². The lowest BCUT2D eigenvalue weighted by molar-refractivity contribution is -0.137. The van der Waals surface area contributed by atoms with Gasteiger partial charge in [-0.1, -0.05) is 41.6 Å². The monoisotopic (exact) mass is 350 g/mol. The number of nitrogens with two attached hydrogens (primary N) is 1. The first-order valence-corrected chi connectivity index (χ1v) is 8.47. The zero-order valence-corrected chi connectivity index (χ0v) is 14.3. The number of rotatable bonds is 3. The first kappa shape index (κ1) is 16.8. The van der Waals surface area contributed by atoms with Crippen LogP contribution in [0.25, 0.3) is 11.1 Å². The summed E-state index contributed by atoms with van der Waals surface area (Å²) in [5, 5.41) is 19.1. The second-order valence-electron chi connectivity index (χ2n) is 5.58. The van der Waals surface area contributed by atoms with Gasteiger partial charge in [0.1, 0.15) is 33.8 Å². The second-order valence-corrected chi connectivity index (χ2v) is 6.77. The number of aromatic nitrogens is 1. The second kappa shape index (κ2) is 6.84. The largest absolute Gasteiger partial charge is 0.465 e. The van der Waals surface area contributed by atoms with E-state index in [0.29, 0.717) is 29.2 Å². The molecule has 6 nitrogen and oxygen atoms in total. The van der Waals surface area contributed by atoms with E-state index in [4.69, 9.17) is 10.5 Å². The van der Waals surface area contributed by atoms with Crippen molar-refractivity contribution in [3.05, 3.63) is 41.0 Å². The fourth-order valence-corrected chi connectivity index (χ4v) is 3.68. The Morgan fingerprint density at radius 2 is 1.92 bits per heavy atom. The number of hydrogen-bond donors (Lipinski definition) is 1. The number of nitrogens with zero attached hydrogens (tertiary/aromatic N) is 3. The molecule has 2 heterocycles. The highest BCUT2D eigenvalue weighted by molar-refractivity contribution is 8.00. The van der Waals surface area contributed by atoms with Crippen molar-refractivity contribution < 1.29 is 9.53 Å². The van der Waals surface area contributed by atoms with E-state index in [1.165, 1.54) is 0 Å². The minimum atomic E-state index is -0.419. The Bertz CT molecular complexity index is 926. The molecule has 0 radical (unpaired) electrons. The molecule has 7 heteroatoms. The standard InChI is InChI=1S/C18H14N4O2S/c1-10-2-4-11(5-3-10)15-12(8-19)16(21)22-17(13(15)9-20)25-14-6-7-24-18(14)23/h2-5,14H,6-7H2,1H3,(H2,21,22). The molecule has 1 aliphatic heterocycles. The van der Waals surface area contributed by atoms with Gasteiger partial charge in [-0.15, -0.1) is 0 Å². The van der Waals surface area contributed by atoms with E-state index in [1.807, 2.05) is 37.3 Å². The number of nitriles is 2. The van der Waals surface area contributed by atoms with E-state index in [9.17, 15) is 15.3 Å². The number of thioether (sulfide) groups is 1. The van der Waals surface area contributed by atoms with Crippen LogP contribution >= 0.6 is 11.8 Å². The number of hydrogen-bond acceptors (Lipinski definition) is 7. The first-order valence-electron chi connectivity index (χ1n) is 7.59. The van der Waals surface area contributed by atoms with Gasteiger partial charge in [0.2, 0.25) is 0 Å². The summed E-state index contributed by atoms with van der Waals surface area (Å²) in [5.74, 6) is -0.276. The molecule has 0 spiro atoms. The predicted octanol–water partition coefficient (Wildman–Crippen LogP) is 2.79. The highest BCUT2D eigenvalue weighted by Crippen LogP contribution is 2.38. The van der Waals surface area contributed by atoms with Crippen LogP contribution in [-0.4, -0.2) is 22.8 Å². The highest BCUT2D eigenvalue weighted by Gasteiger charge is 2.30. The number of nitrogen functional groups attached to an aromatic ring is 1. The minimum Gasteiger partial charge on any atom is -0.465 e. The van der Waals surface area contributed by atoms with Crippen LogP contribution < -0.4 is 5.73 Å². The molecule has 0 aliphatic carbocycles. The van der Waals surface area contributed by atoms with Gasteiger partial charge in [0.25, 0.3) is 0 Å². The molecule has 124 valence electrons. The summed E-state index contributed by atoms with van der Waals surface area (Å²) in [6.45, 7) is 2.31. The van der Waals surface area contributed by atoms with Crippen molar-refractivity contribution in [1.29, 1.82) is 10.5 Å². The zero-order valence-electron chi connectivity index (χ0n) is 13.4. The number of benzene rings is 1. The Morgan fingerprint density at radius 1 is 1.24 bits per heavy atom. The minimum absolute atomic E-state index is 0.0472. The van der Waals surface area contributed by atoms with Crippen LogP contribution in [0.1, 0.15) is 23.1 Å². The van der Waals surface area contributed by atoms with Crippen LogP contribution in [0.3, 0.4) is 0 Å². The average molecular weight is 350 g/mol. The molecule has 1 unspecified atom stereocenters. The number of pyridine rings is 1. The number of ether oxygens (including phenoxy) is 1. The predicted molar refractivity (Wildman–Crippen MR) is 93.5 cm³/mol. The summed E-state index contributed by atoms with van der Waals surface area (Å²) >= 11 is 1.16. The lowest BCUT2D eigenvalue weighted by atomic mass is 9.96. The van der Waals surface area contributed by atoms with Gasteiger partial charge in [0, 0.05) is 12.0 Å². The van der Waals surface area contributed by atoms with Crippen molar-refractivity contribution in [3.8, 4) is 23.3 Å². The maximum atomic E-state index is 11.7. The SMILES string of the molecule is Cc1ccc(-c2c(C#N)c(N)nc(SC3CCOC3=O)c2C#N)cc1. The molecular formula is C18H14N4O2S. The Kier molecular flexibility index (Phi) is 4.60. The van der Waals surface area contributed by atoms with Gasteiger partial charge in [-0.2, -0.15) is 10.5 Å². The van der Waals surface area contributed by atoms with Gasteiger partial charge in [0.15, 0.2) is 0 Å². The van der Waals surface area contributed by atoms with Crippen molar-refractivity contribution >= 4 is 23.5 Å². The van der Waals surface area contributed by atoms with E-state index in [2.05, 4.69) is 11.1 Å². The molecule has 2 N–H and O–H groups in total. The molecule has 25 heavy (non-hydrogen) atoms. The van der Waals surface area contributed by atoms with Crippen LogP contribution in [-0.2, 0) is 9.53 Å². The number of carbonyl (C=O) groups is 1. The highest BCUT2D eigenvalue weighted by atomic mass is 32.2. The summed E-state index contributed by atoms with van der Waals surface area (Å²) in [4.78, 5) is 15.9. The van der Waals surface area contributed by atoms with E-state index in [-0.39, 0.29) is 22.9 Å². The van der Waals surface area contributed by atoms with Gasteiger partial charge in [-0.05, 0) is 12.5 Å². The van der Waals surface area contributed by atoms with Gasteiger partial charge in [-0.25, -0.2) is 4.98 Å². The third kappa shape index (κ3) is 3.15.